The molecule has 4 saturated carbocycles. The zero-order chi connectivity index (χ0) is 30.6. The zero-order valence-electron chi connectivity index (χ0n) is 20.3. The predicted octanol–water partition coefficient (Wildman–Crippen LogP) is 5.02. The van der Waals surface area contributed by atoms with Gasteiger partial charge in [-0.2, -0.15) is 52.3 Å². The van der Waals surface area contributed by atoms with Crippen LogP contribution in [0.2, 0.25) is 0 Å². The van der Waals surface area contributed by atoms with E-state index in [1.807, 2.05) is 0 Å². The van der Waals surface area contributed by atoms with Crippen LogP contribution in [0.25, 0.3) is 0 Å². The van der Waals surface area contributed by atoms with E-state index in [9.17, 15) is 61.9 Å². The zero-order valence-corrected chi connectivity index (χ0v) is 21.1. The number of carbonyl (C=O) groups is 2. The van der Waals surface area contributed by atoms with E-state index in [-0.39, 0.29) is 37.0 Å². The molecule has 1 N–H and O–H groups in total. The summed E-state index contributed by atoms with van der Waals surface area (Å²) in [6.07, 6.45) is -13.6. The van der Waals surface area contributed by atoms with Gasteiger partial charge in [0.15, 0.2) is 0 Å². The normalized spacial score (nSPS) is 28.7. The van der Waals surface area contributed by atoms with Crippen LogP contribution in [0.15, 0.2) is 0 Å². The SMILES string of the molecule is O=C(OC(OCCC(F)(F)C(F)(F)S(=O)(=O)O)(C(=O)OCCC(F)(F)F)C(F)(F)F)C12CC3CC(CC(C3)C1)C2. The topological polar surface area (TPSA) is 116 Å². The van der Waals surface area contributed by atoms with Crippen LogP contribution >= 0.6 is 0 Å². The maximum atomic E-state index is 14.3. The Morgan fingerprint density at radius 3 is 1.68 bits per heavy atom. The van der Waals surface area contributed by atoms with Crippen molar-refractivity contribution in [3.05, 3.63) is 0 Å². The van der Waals surface area contributed by atoms with Gasteiger partial charge in [-0.1, -0.05) is 0 Å². The lowest BCUT2D eigenvalue weighted by atomic mass is 9.49. The molecule has 4 fully saturated rings. The molecule has 8 nitrogen and oxygen atoms in total. The minimum absolute atomic E-state index is 0.0501. The largest absolute Gasteiger partial charge is 0.468 e. The third kappa shape index (κ3) is 6.29. The van der Waals surface area contributed by atoms with Crippen LogP contribution in [0.4, 0.5) is 43.9 Å². The van der Waals surface area contributed by atoms with Gasteiger partial charge in [-0.3, -0.25) is 9.35 Å². The smallest absolute Gasteiger partial charge is 0.460 e. The number of halogens is 10. The van der Waals surface area contributed by atoms with Crippen LogP contribution in [0, 0.1) is 23.2 Å². The van der Waals surface area contributed by atoms with Crippen molar-refractivity contribution in [2.45, 2.75) is 80.7 Å². The summed E-state index contributed by atoms with van der Waals surface area (Å²) in [5, 5.41) is -6.21. The molecule has 0 heterocycles. The van der Waals surface area contributed by atoms with Gasteiger partial charge in [0.05, 0.1) is 18.4 Å². The molecule has 4 bridgehead atoms. The van der Waals surface area contributed by atoms with E-state index >= 15 is 0 Å². The van der Waals surface area contributed by atoms with Gasteiger partial charge < -0.3 is 14.2 Å². The fraction of sp³-hybridized carbons (Fsp3) is 0.905. The minimum Gasteiger partial charge on any atom is -0.460 e. The van der Waals surface area contributed by atoms with Gasteiger partial charge in [0.1, 0.15) is 6.61 Å². The first kappa shape index (κ1) is 32.6. The Balaban J connectivity index is 1.91. The third-order valence-electron chi connectivity index (χ3n) is 7.44. The molecular weight excluding hydrogens is 602 g/mol. The lowest BCUT2D eigenvalue weighted by Gasteiger charge is -2.55. The summed E-state index contributed by atoms with van der Waals surface area (Å²) in [6, 6.07) is 0. The van der Waals surface area contributed by atoms with Crippen molar-refractivity contribution in [3.63, 3.8) is 0 Å². The fourth-order valence-corrected chi connectivity index (χ4v) is 6.48. The quantitative estimate of drug-likeness (QED) is 0.147. The van der Waals surface area contributed by atoms with E-state index in [0.29, 0.717) is 19.3 Å². The second-order valence-electron chi connectivity index (χ2n) is 10.5. The van der Waals surface area contributed by atoms with Crippen molar-refractivity contribution in [1.29, 1.82) is 0 Å². The molecule has 232 valence electrons. The molecule has 4 aliphatic rings. The molecule has 0 aromatic heterocycles. The fourth-order valence-electron chi connectivity index (χ4n) is 6.00. The van der Waals surface area contributed by atoms with Gasteiger partial charge in [-0.15, -0.1) is 0 Å². The molecule has 4 rings (SSSR count). The van der Waals surface area contributed by atoms with Crippen molar-refractivity contribution < 1.29 is 80.7 Å². The first-order valence-corrected chi connectivity index (χ1v) is 13.3. The molecule has 4 aliphatic carbocycles. The third-order valence-corrected chi connectivity index (χ3v) is 8.39. The summed E-state index contributed by atoms with van der Waals surface area (Å²) in [6.45, 7) is -3.99. The highest BCUT2D eigenvalue weighted by molar-refractivity contribution is 7.87. The summed E-state index contributed by atoms with van der Waals surface area (Å²) in [5.74, 6) is -15.4. The predicted molar refractivity (Wildman–Crippen MR) is 109 cm³/mol. The molecule has 1 atom stereocenters. The van der Waals surface area contributed by atoms with Crippen LogP contribution < -0.4 is 0 Å². The first-order valence-electron chi connectivity index (χ1n) is 11.9. The Bertz CT molecular complexity index is 1050. The summed E-state index contributed by atoms with van der Waals surface area (Å²) >= 11 is 0. The van der Waals surface area contributed by atoms with E-state index in [0.717, 1.165) is 0 Å². The molecule has 0 spiro atoms. The number of esters is 2. The number of rotatable bonds is 11. The monoisotopic (exact) mass is 626 g/mol. The standard InChI is InChI=1S/C21H24F10O8S/c22-17(23,21(30,31)40(34,35)36)1-4-38-19(20(27,28)29,15(33)37-3-2-18(24,25)26)39-14(32)16-8-11-5-12(9-16)7-13(6-11)10-16/h11-13H,1-10H2,(H,34,35,36). The lowest BCUT2D eigenvalue weighted by molar-refractivity contribution is -0.361. The van der Waals surface area contributed by atoms with Crippen LogP contribution in [0.1, 0.15) is 51.4 Å². The Hall–Kier alpha value is -1.89. The second-order valence-corrected chi connectivity index (χ2v) is 12.0. The first-order chi connectivity index (χ1) is 17.9. The molecule has 0 aromatic carbocycles. The highest BCUT2D eigenvalue weighted by Crippen LogP contribution is 2.61. The molecule has 0 aromatic rings. The number of ether oxygens (including phenoxy) is 3. The maximum Gasteiger partial charge on any atom is 0.468 e. The average molecular weight is 626 g/mol. The number of carbonyl (C=O) groups excluding carboxylic acids is 2. The molecule has 0 aliphatic heterocycles. The van der Waals surface area contributed by atoms with E-state index in [1.165, 1.54) is 0 Å². The second kappa shape index (κ2) is 10.4. The van der Waals surface area contributed by atoms with E-state index in [2.05, 4.69) is 14.2 Å². The van der Waals surface area contributed by atoms with Crippen LogP contribution in [-0.4, -0.2) is 67.4 Å². The number of hydrogen-bond acceptors (Lipinski definition) is 7. The summed E-state index contributed by atoms with van der Waals surface area (Å²) in [7, 11) is -6.79. The summed E-state index contributed by atoms with van der Waals surface area (Å²) in [5.41, 5.74) is -1.55. The molecular formula is C21H24F10O8S. The van der Waals surface area contributed by atoms with Gasteiger partial charge >= 0.3 is 51.4 Å². The van der Waals surface area contributed by atoms with Crippen molar-refractivity contribution in [3.8, 4) is 0 Å². The highest BCUT2D eigenvalue weighted by Gasteiger charge is 2.71. The average Bonchev–Trinajstić information content (AvgIpc) is 2.74. The van der Waals surface area contributed by atoms with Crippen molar-refractivity contribution >= 4 is 22.1 Å². The molecule has 40 heavy (non-hydrogen) atoms. The van der Waals surface area contributed by atoms with E-state index in [4.69, 9.17) is 4.55 Å². The number of hydrogen-bond donors (Lipinski definition) is 1. The minimum atomic E-state index is -6.79. The van der Waals surface area contributed by atoms with E-state index in [1.54, 1.807) is 0 Å². The van der Waals surface area contributed by atoms with E-state index < -0.39 is 82.8 Å². The Labute approximate surface area is 220 Å². The number of alkyl halides is 10. The Kier molecular flexibility index (Phi) is 8.51. The van der Waals surface area contributed by atoms with Crippen molar-refractivity contribution in [2.75, 3.05) is 13.2 Å². The van der Waals surface area contributed by atoms with Gasteiger partial charge in [-0.05, 0) is 56.3 Å². The highest BCUT2D eigenvalue weighted by atomic mass is 32.2. The van der Waals surface area contributed by atoms with Crippen LogP contribution in [0.3, 0.4) is 0 Å². The summed E-state index contributed by atoms with van der Waals surface area (Å²) in [4.78, 5) is 25.7. The maximum absolute atomic E-state index is 14.3. The van der Waals surface area contributed by atoms with Crippen molar-refractivity contribution in [1.82, 2.24) is 0 Å². The molecule has 0 radical (unpaired) electrons. The Morgan fingerprint density at radius 2 is 1.27 bits per heavy atom. The Morgan fingerprint density at radius 1 is 0.800 bits per heavy atom. The molecule has 0 saturated heterocycles. The molecule has 19 heteroatoms. The van der Waals surface area contributed by atoms with Crippen LogP contribution in [0.5, 0.6) is 0 Å². The lowest BCUT2D eigenvalue weighted by Crippen LogP contribution is -2.61. The molecule has 1 unspecified atom stereocenters. The van der Waals surface area contributed by atoms with Gasteiger partial charge in [-0.25, -0.2) is 4.79 Å². The summed E-state index contributed by atoms with van der Waals surface area (Å²) < 4.78 is 177. The van der Waals surface area contributed by atoms with Crippen molar-refractivity contribution in [2.24, 2.45) is 23.2 Å². The van der Waals surface area contributed by atoms with Crippen LogP contribution in [-0.2, 0) is 33.9 Å². The molecule has 0 amide bonds. The van der Waals surface area contributed by atoms with Gasteiger partial charge in [0, 0.05) is 6.42 Å². The van der Waals surface area contributed by atoms with Gasteiger partial charge in [0.2, 0.25) is 0 Å². The van der Waals surface area contributed by atoms with Gasteiger partial charge in [0.25, 0.3) is 0 Å².